The summed E-state index contributed by atoms with van der Waals surface area (Å²) in [6.07, 6.45) is 5.47. The Bertz CT molecular complexity index is 2970. The summed E-state index contributed by atoms with van der Waals surface area (Å²) in [5.41, 5.74) is -2.98. The molecule has 17 nitrogen and oxygen atoms in total. The van der Waals surface area contributed by atoms with Crippen molar-refractivity contribution < 1.29 is 58.4 Å². The summed E-state index contributed by atoms with van der Waals surface area (Å²) in [4.78, 5) is 106. The topological polar surface area (TPSA) is 261 Å². The lowest BCUT2D eigenvalue weighted by Crippen LogP contribution is -2.54. The fourth-order valence-corrected chi connectivity index (χ4v) is 9.54. The maximum atomic E-state index is 14.3. The summed E-state index contributed by atoms with van der Waals surface area (Å²) in [7, 11) is 0. The van der Waals surface area contributed by atoms with E-state index in [2.05, 4.69) is 51.5 Å². The first-order valence-corrected chi connectivity index (χ1v) is 22.8. The van der Waals surface area contributed by atoms with E-state index in [1.54, 1.807) is 13.8 Å². The van der Waals surface area contributed by atoms with E-state index in [-0.39, 0.29) is 93.6 Å². The van der Waals surface area contributed by atoms with Crippen LogP contribution in [0.15, 0.2) is 85.5 Å². The van der Waals surface area contributed by atoms with Crippen molar-refractivity contribution in [2.45, 2.75) is 88.4 Å². The number of ketones is 3. The fourth-order valence-electron chi connectivity index (χ4n) is 9.54. The summed E-state index contributed by atoms with van der Waals surface area (Å²) < 4.78 is 6.21. The van der Waals surface area contributed by atoms with Gasteiger partial charge in [0, 0.05) is 65.2 Å². The van der Waals surface area contributed by atoms with Crippen LogP contribution in [0.25, 0.3) is 0 Å². The second-order valence-electron chi connectivity index (χ2n) is 18.0. The van der Waals surface area contributed by atoms with Crippen LogP contribution in [0, 0.1) is 35.5 Å². The highest BCUT2D eigenvalue weighted by atomic mass is 16.7. The number of anilines is 3. The van der Waals surface area contributed by atoms with Crippen LogP contribution >= 0.6 is 0 Å². The van der Waals surface area contributed by atoms with E-state index < -0.39 is 70.5 Å². The number of benzene rings is 3. The second-order valence-corrected chi connectivity index (χ2v) is 18.0. The van der Waals surface area contributed by atoms with Gasteiger partial charge in [0.05, 0.1) is 34.9 Å². The Morgan fingerprint density at radius 1 is 0.871 bits per heavy atom. The van der Waals surface area contributed by atoms with Crippen molar-refractivity contribution in [3.8, 4) is 29.4 Å². The van der Waals surface area contributed by atoms with E-state index in [0.29, 0.717) is 24.9 Å². The normalized spacial score (nSPS) is 22.7. The first kappa shape index (κ1) is 48.5. The molecule has 3 aliphatic heterocycles. The number of aliphatic hydroxyl groups is 2. The Balaban J connectivity index is 0.891. The minimum Gasteiger partial charge on any atom is -0.507 e. The Morgan fingerprint density at radius 3 is 2.21 bits per heavy atom. The molecular weight excluding hydrogens is 899 g/mol. The lowest BCUT2D eigenvalue weighted by Gasteiger charge is -2.37. The summed E-state index contributed by atoms with van der Waals surface area (Å²) >= 11 is 0. The highest BCUT2D eigenvalue weighted by Crippen LogP contribution is 2.67. The predicted octanol–water partition coefficient (Wildman–Crippen LogP) is 3.82. The molecule has 358 valence electrons. The zero-order chi connectivity index (χ0) is 50.2. The molecule has 1 saturated heterocycles. The number of Topliss-reactive ketones (excluding diaryl/α,β-unsaturated/α-hetero) is 1. The molecule has 5 amide bonds. The minimum atomic E-state index is -1.72. The van der Waals surface area contributed by atoms with Gasteiger partial charge in [-0.3, -0.25) is 43.3 Å². The van der Waals surface area contributed by atoms with Crippen LogP contribution in [0.2, 0.25) is 0 Å². The third kappa shape index (κ3) is 8.60. The number of epoxide rings is 1. The number of fused-ring (bicyclic) bond motifs is 4. The molecule has 2 aliphatic carbocycles. The van der Waals surface area contributed by atoms with Gasteiger partial charge in [0.25, 0.3) is 17.7 Å². The van der Waals surface area contributed by atoms with Crippen molar-refractivity contribution in [1.29, 1.82) is 0 Å². The molecule has 0 spiro atoms. The van der Waals surface area contributed by atoms with Crippen LogP contribution in [0.1, 0.15) is 101 Å². The molecule has 0 aromatic heterocycles. The number of allylic oxidation sites excluding steroid dienone is 2. The Morgan fingerprint density at radius 2 is 1.54 bits per heavy atom. The van der Waals surface area contributed by atoms with Crippen LogP contribution < -0.4 is 21.3 Å². The fraction of sp³-hybridized carbons (Fsp3) is 0.321. The number of hydrogen-bond acceptors (Lipinski definition) is 13. The van der Waals surface area contributed by atoms with E-state index in [9.17, 15) is 53.7 Å². The van der Waals surface area contributed by atoms with Gasteiger partial charge in [0.2, 0.25) is 11.8 Å². The van der Waals surface area contributed by atoms with Gasteiger partial charge >= 0.3 is 0 Å². The van der Waals surface area contributed by atoms with Crippen molar-refractivity contribution in [3.05, 3.63) is 119 Å². The number of aliphatic hydroxyl groups excluding tert-OH is 2. The molecule has 8 rings (SSSR count). The maximum Gasteiger partial charge on any atom is 0.255 e. The number of phenols is 1. The average Bonchev–Trinajstić information content (AvgIpc) is 3.98. The zero-order valence-electron chi connectivity index (χ0n) is 38.4. The number of rotatable bonds is 17. The van der Waals surface area contributed by atoms with Gasteiger partial charge in [0.1, 0.15) is 11.8 Å². The second kappa shape index (κ2) is 19.2. The van der Waals surface area contributed by atoms with Gasteiger partial charge in [-0.2, -0.15) is 0 Å². The lowest BCUT2D eigenvalue weighted by atomic mass is 9.69. The summed E-state index contributed by atoms with van der Waals surface area (Å²) in [5.74, 6) is 5.50. The standard InChI is InChI=1S/C53H49N5O12/c1-5-30(25-38(61)46(28(2)3)57-41(63)15-11-8-12-24-58-42(64)22-23-43(58)65)50(68)54-32-18-16-31(17-19-32)51(69)55-33-20-21-34-35(26-33)49(67)44-37(60)27-36-47(45(44)48(34)66)56-39-13-9-6-7-10-14-40(62)53(36)52(39,70-53)29(4)59/h5-7,16-23,26-30,39-40,46,56,59-60,62H,1,8,11-12,15,24-25H2,2-4H3,(H,54,68)(H,55,69)(H,57,63)/b7-6-/t29-,30-,39+,40-,46+,52+,53+/m1/s1. The Labute approximate surface area is 402 Å². The molecule has 70 heavy (non-hydrogen) atoms. The van der Waals surface area contributed by atoms with Gasteiger partial charge < -0.3 is 41.3 Å². The van der Waals surface area contributed by atoms with Crippen LogP contribution in [0.3, 0.4) is 0 Å². The van der Waals surface area contributed by atoms with Gasteiger partial charge in [-0.25, -0.2) is 0 Å². The Hall–Kier alpha value is -7.96. The molecule has 5 aliphatic rings. The molecule has 0 saturated carbocycles. The van der Waals surface area contributed by atoms with Crippen LogP contribution in [-0.2, 0) is 34.3 Å². The van der Waals surface area contributed by atoms with Crippen molar-refractivity contribution in [2.75, 3.05) is 22.5 Å². The van der Waals surface area contributed by atoms with Crippen LogP contribution in [0.5, 0.6) is 5.75 Å². The van der Waals surface area contributed by atoms with Crippen molar-refractivity contribution in [2.24, 2.45) is 11.8 Å². The molecule has 0 radical (unpaired) electrons. The van der Waals surface area contributed by atoms with Gasteiger partial charge in [-0.15, -0.1) is 6.58 Å². The molecule has 17 heteroatoms. The molecule has 7 N–H and O–H groups in total. The predicted molar refractivity (Wildman–Crippen MR) is 254 cm³/mol. The highest BCUT2D eigenvalue weighted by molar-refractivity contribution is 6.32. The van der Waals surface area contributed by atoms with Crippen LogP contribution in [-0.4, -0.2) is 104 Å². The maximum absolute atomic E-state index is 14.3. The van der Waals surface area contributed by atoms with Crippen molar-refractivity contribution in [1.82, 2.24) is 10.2 Å². The average molecular weight is 948 g/mol. The van der Waals surface area contributed by atoms with Crippen molar-refractivity contribution in [3.63, 3.8) is 0 Å². The van der Waals surface area contributed by atoms with E-state index in [0.717, 1.165) is 4.90 Å². The first-order valence-electron chi connectivity index (χ1n) is 22.8. The van der Waals surface area contributed by atoms with Gasteiger partial charge in [-0.1, -0.05) is 50.0 Å². The number of ether oxygens (including phenoxy) is 1. The summed E-state index contributed by atoms with van der Waals surface area (Å²) in [6.45, 7) is 9.02. The van der Waals surface area contributed by atoms with Gasteiger partial charge in [-0.05, 0) is 86.4 Å². The molecule has 1 fully saturated rings. The monoisotopic (exact) mass is 947 g/mol. The lowest BCUT2D eigenvalue weighted by molar-refractivity contribution is -0.137. The van der Waals surface area contributed by atoms with E-state index >= 15 is 0 Å². The number of carbonyl (C=O) groups is 8. The largest absolute Gasteiger partial charge is 0.507 e. The smallest absolute Gasteiger partial charge is 0.255 e. The van der Waals surface area contributed by atoms with Gasteiger partial charge in [0.15, 0.2) is 34.7 Å². The number of amides is 5. The third-order valence-corrected chi connectivity index (χ3v) is 13.2. The minimum absolute atomic E-state index is 0.0194. The van der Waals surface area contributed by atoms with E-state index in [1.165, 1.54) is 85.8 Å². The summed E-state index contributed by atoms with van der Waals surface area (Å²) in [6, 6.07) is 9.39. The number of nitrogens with one attached hydrogen (secondary N) is 4. The quantitative estimate of drug-likeness (QED) is 0.0199. The SMILES string of the molecule is C=C[C@H](CC(=O)[C@@H](NC(=O)CCCCCN1C(=O)C=CC1=O)C(C)C)C(=O)Nc1ccc(C(=O)Nc2ccc3c(c2)C(=O)c2c(O)cc4c(c2C3=O)N[C@H]2C#C/C=C\C#C[C@@H](O)[C@@]43O[C@@]23[C@@H](C)O)cc1. The molecule has 0 unspecified atom stereocenters. The number of phenolic OH excluding ortho intramolecular Hbond substituents is 1. The van der Waals surface area contributed by atoms with E-state index in [4.69, 9.17) is 4.74 Å². The molecule has 3 aromatic carbocycles. The molecule has 2 bridgehead atoms. The molecule has 3 aromatic rings. The van der Waals surface area contributed by atoms with Crippen molar-refractivity contribution >= 4 is 63.9 Å². The number of aromatic hydroxyl groups is 1. The van der Waals surface area contributed by atoms with E-state index in [1.807, 2.05) is 0 Å². The molecular formula is C53H49N5O12. The zero-order valence-corrected chi connectivity index (χ0v) is 38.4. The number of unbranched alkanes of at least 4 members (excludes halogenated alkanes) is 2. The number of imide groups is 1. The molecule has 3 heterocycles. The molecule has 7 atom stereocenters. The number of nitrogens with zero attached hydrogens (tertiary/aromatic N) is 1. The van der Waals surface area contributed by atoms with Crippen LogP contribution in [0.4, 0.5) is 17.1 Å². The summed E-state index contributed by atoms with van der Waals surface area (Å²) in [5, 5.41) is 45.3. The Kier molecular flexibility index (Phi) is 13.3. The first-order chi connectivity index (χ1) is 33.4. The third-order valence-electron chi connectivity index (χ3n) is 13.2. The highest BCUT2D eigenvalue weighted by Gasteiger charge is 2.82. The number of carbonyl (C=O) groups excluding carboxylic acids is 8. The number of hydrogen-bond donors (Lipinski definition) is 7.